The molecule has 0 bridgehead atoms. The molecule has 1 aromatic heterocycles. The minimum Gasteiger partial charge on any atom is -0.467 e. The molecule has 1 aromatic rings. The zero-order chi connectivity index (χ0) is 15.4. The van der Waals surface area contributed by atoms with E-state index in [1.54, 1.807) is 4.68 Å². The van der Waals surface area contributed by atoms with Gasteiger partial charge in [0.15, 0.2) is 6.10 Å². The number of aliphatic hydroxyl groups excluding tert-OH is 1. The third-order valence-corrected chi connectivity index (χ3v) is 3.68. The third-order valence-electron chi connectivity index (χ3n) is 3.68. The van der Waals surface area contributed by atoms with Crippen molar-refractivity contribution in [3.05, 3.63) is 11.9 Å². The summed E-state index contributed by atoms with van der Waals surface area (Å²) in [6.07, 6.45) is -0.386. The molecule has 1 aliphatic heterocycles. The van der Waals surface area contributed by atoms with Crippen LogP contribution in [0.2, 0.25) is 0 Å². The van der Waals surface area contributed by atoms with E-state index in [1.807, 2.05) is 6.20 Å². The van der Waals surface area contributed by atoms with Gasteiger partial charge in [0.05, 0.1) is 19.3 Å². The van der Waals surface area contributed by atoms with Crippen LogP contribution >= 0.6 is 0 Å². The Kier molecular flexibility index (Phi) is 5.27. The highest BCUT2D eigenvalue weighted by Gasteiger charge is 2.46. The highest BCUT2D eigenvalue weighted by molar-refractivity contribution is 5.76. The number of esters is 1. The van der Waals surface area contributed by atoms with Crippen LogP contribution < -0.4 is 0 Å². The average molecular weight is 298 g/mol. The maximum absolute atomic E-state index is 11.2. The van der Waals surface area contributed by atoms with Gasteiger partial charge >= 0.3 is 5.97 Å². The van der Waals surface area contributed by atoms with E-state index >= 15 is 0 Å². The first-order valence-electron chi connectivity index (χ1n) is 7.11. The number of aliphatic hydroxyl groups is 1. The maximum atomic E-state index is 11.2. The van der Waals surface area contributed by atoms with Crippen LogP contribution in [0.3, 0.4) is 0 Å². The minimum atomic E-state index is -0.890. The molecule has 0 unspecified atom stereocenters. The Morgan fingerprint density at radius 1 is 1.52 bits per heavy atom. The van der Waals surface area contributed by atoms with Crippen molar-refractivity contribution in [1.29, 1.82) is 0 Å². The van der Waals surface area contributed by atoms with Crippen LogP contribution in [0.4, 0.5) is 0 Å². The van der Waals surface area contributed by atoms with Crippen molar-refractivity contribution in [3.63, 3.8) is 0 Å². The van der Waals surface area contributed by atoms with Crippen molar-refractivity contribution in [2.75, 3.05) is 20.2 Å². The van der Waals surface area contributed by atoms with Crippen LogP contribution in [-0.2, 0) is 27.4 Å². The van der Waals surface area contributed by atoms with Crippen molar-refractivity contribution in [2.45, 2.75) is 45.2 Å². The van der Waals surface area contributed by atoms with E-state index < -0.39 is 24.3 Å². The number of nitrogens with zero attached hydrogens (tertiary/aromatic N) is 4. The summed E-state index contributed by atoms with van der Waals surface area (Å²) in [7, 11) is 1.27. The summed E-state index contributed by atoms with van der Waals surface area (Å²) in [6, 6.07) is 0. The molecule has 2 heterocycles. The van der Waals surface area contributed by atoms with Crippen molar-refractivity contribution >= 4 is 5.97 Å². The van der Waals surface area contributed by atoms with Gasteiger partial charge in [-0.25, -0.2) is 9.48 Å². The van der Waals surface area contributed by atoms with E-state index in [9.17, 15) is 9.90 Å². The van der Waals surface area contributed by atoms with Gasteiger partial charge in [0.25, 0.3) is 0 Å². The lowest BCUT2D eigenvalue weighted by atomic mass is 10.0. The first-order chi connectivity index (χ1) is 10.1. The van der Waals surface area contributed by atoms with Gasteiger partial charge in [-0.2, -0.15) is 0 Å². The molecule has 0 spiro atoms. The van der Waals surface area contributed by atoms with Gasteiger partial charge in [-0.1, -0.05) is 19.1 Å². The number of carbonyl (C=O) groups excluding carboxylic acids is 1. The Morgan fingerprint density at radius 2 is 2.24 bits per heavy atom. The number of hydrogen-bond donors (Lipinski definition) is 1. The Balaban J connectivity index is 1.85. The Bertz CT molecular complexity index is 474. The van der Waals surface area contributed by atoms with E-state index in [2.05, 4.69) is 33.8 Å². The molecule has 8 heteroatoms. The molecule has 1 fully saturated rings. The molecule has 1 aliphatic rings. The molecule has 0 radical (unpaired) electrons. The van der Waals surface area contributed by atoms with E-state index in [1.165, 1.54) is 7.11 Å². The summed E-state index contributed by atoms with van der Waals surface area (Å²) < 4.78 is 11.5. The number of hydrogen-bond acceptors (Lipinski definition) is 7. The number of carbonyl (C=O) groups is 1. The van der Waals surface area contributed by atoms with Gasteiger partial charge in [-0.15, -0.1) is 5.10 Å². The quantitative estimate of drug-likeness (QED) is 0.674. The van der Waals surface area contributed by atoms with Gasteiger partial charge in [0.1, 0.15) is 12.2 Å². The van der Waals surface area contributed by atoms with E-state index in [4.69, 9.17) is 4.74 Å². The second kappa shape index (κ2) is 6.97. The van der Waals surface area contributed by atoms with E-state index in [0.29, 0.717) is 6.54 Å². The lowest BCUT2D eigenvalue weighted by Crippen LogP contribution is -2.59. The average Bonchev–Trinajstić information content (AvgIpc) is 2.94. The van der Waals surface area contributed by atoms with Crippen LogP contribution in [0, 0.1) is 0 Å². The Morgan fingerprint density at radius 3 is 2.81 bits per heavy atom. The lowest BCUT2D eigenvalue weighted by Gasteiger charge is -2.39. The van der Waals surface area contributed by atoms with Crippen LogP contribution in [0.1, 0.15) is 19.5 Å². The molecule has 8 nitrogen and oxygen atoms in total. The second-order valence-electron chi connectivity index (χ2n) is 5.00. The van der Waals surface area contributed by atoms with Crippen molar-refractivity contribution in [2.24, 2.45) is 0 Å². The fourth-order valence-electron chi connectivity index (χ4n) is 2.28. The highest BCUT2D eigenvalue weighted by Crippen LogP contribution is 2.23. The molecular weight excluding hydrogens is 276 g/mol. The molecule has 118 valence electrons. The van der Waals surface area contributed by atoms with Crippen LogP contribution in [0.25, 0.3) is 0 Å². The van der Waals surface area contributed by atoms with Crippen LogP contribution in [0.15, 0.2) is 6.20 Å². The Hall–Kier alpha value is -1.51. The molecule has 2 rings (SSSR count). The van der Waals surface area contributed by atoms with Crippen molar-refractivity contribution in [3.8, 4) is 0 Å². The van der Waals surface area contributed by atoms with E-state index in [0.717, 1.165) is 25.3 Å². The molecule has 3 atom stereocenters. The molecule has 0 amide bonds. The minimum absolute atomic E-state index is 0.361. The highest BCUT2D eigenvalue weighted by atomic mass is 16.6. The summed E-state index contributed by atoms with van der Waals surface area (Å²) >= 11 is 0. The second-order valence-corrected chi connectivity index (χ2v) is 5.00. The number of rotatable bonds is 7. The standard InChI is InChI=1S/C13H22N4O4/c1-4-16(5-2)6-9-7-17(15-14-9)8-10-11(18)12(21-10)13(19)20-3/h7,10-12,18H,4-6,8H2,1-3H3/t10-,11-,12-/m1/s1. The number of methoxy groups -OCH3 is 1. The third kappa shape index (κ3) is 3.58. The number of ether oxygens (including phenoxy) is 2. The van der Waals surface area contributed by atoms with Gasteiger partial charge in [0.2, 0.25) is 0 Å². The van der Waals surface area contributed by atoms with Gasteiger partial charge in [0, 0.05) is 12.7 Å². The lowest BCUT2D eigenvalue weighted by molar-refractivity contribution is -0.235. The number of aromatic nitrogens is 3. The van der Waals surface area contributed by atoms with Crippen molar-refractivity contribution < 1.29 is 19.4 Å². The van der Waals surface area contributed by atoms with Gasteiger partial charge in [-0.05, 0) is 13.1 Å². The first kappa shape index (κ1) is 15.9. The van der Waals surface area contributed by atoms with E-state index in [-0.39, 0.29) is 0 Å². The van der Waals surface area contributed by atoms with Crippen LogP contribution in [-0.4, -0.2) is 69.5 Å². The predicted molar refractivity (Wildman–Crippen MR) is 73.3 cm³/mol. The zero-order valence-corrected chi connectivity index (χ0v) is 12.6. The maximum Gasteiger partial charge on any atom is 0.337 e. The molecule has 1 saturated heterocycles. The monoisotopic (exact) mass is 298 g/mol. The summed E-state index contributed by atoms with van der Waals surface area (Å²) in [4.78, 5) is 13.5. The normalized spacial score (nSPS) is 24.9. The van der Waals surface area contributed by atoms with Gasteiger partial charge < -0.3 is 14.6 Å². The molecule has 0 aliphatic carbocycles. The molecular formula is C13H22N4O4. The summed E-state index contributed by atoms with van der Waals surface area (Å²) in [5.41, 5.74) is 0.872. The molecule has 21 heavy (non-hydrogen) atoms. The molecule has 1 N–H and O–H groups in total. The fraction of sp³-hybridized carbons (Fsp3) is 0.769. The predicted octanol–water partition coefficient (Wildman–Crippen LogP) is -0.579. The summed E-state index contributed by atoms with van der Waals surface area (Å²) in [5.74, 6) is -0.556. The SMILES string of the molecule is CCN(CC)Cc1cn(C[C@H]2O[C@@H](C(=O)OC)[C@@H]2O)nn1. The molecule has 0 saturated carbocycles. The topological polar surface area (TPSA) is 89.7 Å². The summed E-state index contributed by atoms with van der Waals surface area (Å²) in [5, 5.41) is 18.0. The summed E-state index contributed by atoms with van der Waals surface area (Å²) in [6.45, 7) is 7.20. The van der Waals surface area contributed by atoms with Gasteiger partial charge in [-0.3, -0.25) is 4.90 Å². The van der Waals surface area contributed by atoms with Crippen LogP contribution in [0.5, 0.6) is 0 Å². The Labute approximate surface area is 123 Å². The first-order valence-corrected chi connectivity index (χ1v) is 7.11. The largest absolute Gasteiger partial charge is 0.467 e. The van der Waals surface area contributed by atoms with Crippen molar-refractivity contribution in [1.82, 2.24) is 19.9 Å². The smallest absolute Gasteiger partial charge is 0.337 e. The zero-order valence-electron chi connectivity index (χ0n) is 12.6. The fourth-order valence-corrected chi connectivity index (χ4v) is 2.28. The molecule has 0 aromatic carbocycles.